The Balaban J connectivity index is 1.55. The minimum absolute atomic E-state index is 0.0301. The van der Waals surface area contributed by atoms with Crippen molar-refractivity contribution in [1.29, 1.82) is 0 Å². The van der Waals surface area contributed by atoms with Gasteiger partial charge in [0.15, 0.2) is 34.5 Å². The summed E-state index contributed by atoms with van der Waals surface area (Å²) in [6.07, 6.45) is -3.30. The summed E-state index contributed by atoms with van der Waals surface area (Å²) in [6.45, 7) is -2.39. The average Bonchev–Trinajstić information content (AvgIpc) is 3.16. The number of aromatic nitrogens is 1. The molecule has 2 atom stereocenters. The number of anilines is 1. The predicted octanol–water partition coefficient (Wildman–Crippen LogP) is 3.89. The second-order valence-electron chi connectivity index (χ2n) is 8.06. The van der Waals surface area contributed by atoms with E-state index in [4.69, 9.17) is 10.5 Å². The van der Waals surface area contributed by atoms with Gasteiger partial charge in [-0.2, -0.15) is 8.78 Å². The normalized spacial score (nSPS) is 23.8. The van der Waals surface area contributed by atoms with Crippen LogP contribution in [0.15, 0.2) is 35.5 Å². The first kappa shape index (κ1) is 26.0. The number of pyridine rings is 1. The van der Waals surface area contributed by atoms with Crippen LogP contribution in [0.3, 0.4) is 0 Å². The Hall–Kier alpha value is -3.07. The molecule has 0 spiro atoms. The standard InChI is InChI=1S/C21H17F7N4O3S/c22-13-2-1-10(3-12(13)20-7-34-6-19(20,26)9-36-18(29)32-20)31-16(33)15-14(23)4-11(5-30-15)35-8-21(27,28)17(24)25/h1-5,17H,6-9H2,(H2,29,32)(H,31,33). The molecule has 4 rings (SSSR count). The van der Waals surface area contributed by atoms with Gasteiger partial charge in [0.1, 0.15) is 11.6 Å². The molecule has 1 aromatic heterocycles. The lowest BCUT2D eigenvalue weighted by molar-refractivity contribution is -0.148. The van der Waals surface area contributed by atoms with Crippen LogP contribution in [0, 0.1) is 11.6 Å². The summed E-state index contributed by atoms with van der Waals surface area (Å²) in [4.78, 5) is 20.2. The fourth-order valence-corrected chi connectivity index (χ4v) is 4.63. The topological polar surface area (TPSA) is 98.8 Å². The van der Waals surface area contributed by atoms with Crippen LogP contribution in [0.2, 0.25) is 0 Å². The first-order valence-corrected chi connectivity index (χ1v) is 11.2. The minimum atomic E-state index is -4.47. The molecule has 1 saturated heterocycles. The van der Waals surface area contributed by atoms with Gasteiger partial charge in [-0.25, -0.2) is 31.9 Å². The van der Waals surface area contributed by atoms with Gasteiger partial charge in [-0.3, -0.25) is 4.79 Å². The van der Waals surface area contributed by atoms with Gasteiger partial charge in [-0.15, -0.1) is 0 Å². The SMILES string of the molecule is NC1=NC2(c3cc(NC(=O)c4ncc(OCC(F)(F)C(F)F)cc4F)ccc3F)COCC2(F)CS1. The highest BCUT2D eigenvalue weighted by Gasteiger charge is 2.61. The molecular formula is C21H17F7N4O3S. The molecule has 1 amide bonds. The van der Waals surface area contributed by atoms with Gasteiger partial charge in [0, 0.05) is 23.1 Å². The molecule has 36 heavy (non-hydrogen) atoms. The number of nitrogens with zero attached hydrogens (tertiary/aromatic N) is 2. The molecule has 2 unspecified atom stereocenters. The van der Waals surface area contributed by atoms with Crippen LogP contribution >= 0.6 is 11.8 Å². The van der Waals surface area contributed by atoms with Crippen LogP contribution < -0.4 is 15.8 Å². The van der Waals surface area contributed by atoms with Gasteiger partial charge in [0.2, 0.25) is 0 Å². The Morgan fingerprint density at radius 2 is 2.00 bits per heavy atom. The number of alkyl halides is 5. The van der Waals surface area contributed by atoms with E-state index in [9.17, 15) is 31.1 Å². The molecule has 15 heteroatoms. The van der Waals surface area contributed by atoms with Crippen LogP contribution in [0.5, 0.6) is 5.75 Å². The monoisotopic (exact) mass is 538 g/mol. The van der Waals surface area contributed by atoms with E-state index in [-0.39, 0.29) is 35.4 Å². The number of rotatable bonds is 7. The van der Waals surface area contributed by atoms with Crippen LogP contribution in [0.1, 0.15) is 16.1 Å². The van der Waals surface area contributed by atoms with Crippen LogP contribution in [-0.4, -0.2) is 59.6 Å². The lowest BCUT2D eigenvalue weighted by Crippen LogP contribution is -2.52. The van der Waals surface area contributed by atoms with Crippen LogP contribution in [0.25, 0.3) is 0 Å². The third kappa shape index (κ3) is 4.68. The van der Waals surface area contributed by atoms with Crippen molar-refractivity contribution in [3.8, 4) is 5.75 Å². The number of benzene rings is 1. The molecular weight excluding hydrogens is 521 g/mol. The van der Waals surface area contributed by atoms with E-state index in [0.717, 1.165) is 30.0 Å². The van der Waals surface area contributed by atoms with Crippen molar-refractivity contribution in [2.45, 2.75) is 23.6 Å². The van der Waals surface area contributed by atoms with Crippen molar-refractivity contribution in [1.82, 2.24) is 4.98 Å². The lowest BCUT2D eigenvalue weighted by atomic mass is 9.79. The number of ether oxygens (including phenoxy) is 2. The van der Waals surface area contributed by atoms with E-state index >= 15 is 4.39 Å². The van der Waals surface area contributed by atoms with Crippen molar-refractivity contribution in [2.24, 2.45) is 10.7 Å². The Morgan fingerprint density at radius 1 is 1.25 bits per heavy atom. The Labute approximate surface area is 203 Å². The second kappa shape index (κ2) is 9.42. The summed E-state index contributed by atoms with van der Waals surface area (Å²) >= 11 is 0.955. The van der Waals surface area contributed by atoms with Crippen LogP contribution in [0.4, 0.5) is 36.4 Å². The summed E-state index contributed by atoms with van der Waals surface area (Å²) in [5.41, 5.74) is 0.796. The van der Waals surface area contributed by atoms with Gasteiger partial charge in [-0.05, 0) is 18.2 Å². The number of nitrogens with one attached hydrogen (secondary N) is 1. The number of aliphatic imine (C=N–C) groups is 1. The summed E-state index contributed by atoms with van der Waals surface area (Å²) in [7, 11) is 0. The number of amidine groups is 1. The van der Waals surface area contributed by atoms with Gasteiger partial charge in [0.25, 0.3) is 5.91 Å². The zero-order chi connectivity index (χ0) is 26.3. The highest BCUT2D eigenvalue weighted by atomic mass is 32.2. The van der Waals surface area contributed by atoms with E-state index in [1.165, 1.54) is 0 Å². The largest absolute Gasteiger partial charge is 0.485 e. The number of halogens is 7. The molecule has 0 bridgehead atoms. The molecule has 2 aliphatic heterocycles. The molecule has 3 heterocycles. The first-order chi connectivity index (χ1) is 16.9. The predicted molar refractivity (Wildman–Crippen MR) is 115 cm³/mol. The molecule has 2 aromatic rings. The Kier molecular flexibility index (Phi) is 6.81. The maximum atomic E-state index is 15.7. The number of carbonyl (C=O) groups excluding carboxylic acids is 1. The summed E-state index contributed by atoms with van der Waals surface area (Å²) in [6, 6.07) is 3.72. The van der Waals surface area contributed by atoms with Crippen molar-refractivity contribution < 1.29 is 45.0 Å². The fourth-order valence-electron chi connectivity index (χ4n) is 3.71. The second-order valence-corrected chi connectivity index (χ2v) is 9.05. The number of nitrogens with two attached hydrogens (primary N) is 1. The minimum Gasteiger partial charge on any atom is -0.485 e. The lowest BCUT2D eigenvalue weighted by Gasteiger charge is -2.38. The highest BCUT2D eigenvalue weighted by molar-refractivity contribution is 8.13. The van der Waals surface area contributed by atoms with E-state index in [1.54, 1.807) is 0 Å². The number of carbonyl (C=O) groups is 1. The van der Waals surface area contributed by atoms with Crippen molar-refractivity contribution in [3.05, 3.63) is 53.4 Å². The van der Waals surface area contributed by atoms with Gasteiger partial charge in [-0.1, -0.05) is 11.8 Å². The van der Waals surface area contributed by atoms with Crippen LogP contribution in [-0.2, 0) is 10.3 Å². The van der Waals surface area contributed by atoms with E-state index in [0.29, 0.717) is 12.3 Å². The third-order valence-corrected chi connectivity index (χ3v) is 6.57. The highest BCUT2D eigenvalue weighted by Crippen LogP contribution is 2.50. The number of fused-ring (bicyclic) bond motifs is 1. The average molecular weight is 538 g/mol. The molecule has 1 aromatic carbocycles. The Bertz CT molecular complexity index is 1220. The smallest absolute Gasteiger partial charge is 0.340 e. The summed E-state index contributed by atoms with van der Waals surface area (Å²) in [5, 5.41) is 2.31. The number of hydrogen-bond donors (Lipinski definition) is 2. The number of thioether (sulfide) groups is 1. The maximum absolute atomic E-state index is 15.7. The van der Waals surface area contributed by atoms with Crippen molar-refractivity contribution in [3.63, 3.8) is 0 Å². The first-order valence-electron chi connectivity index (χ1n) is 10.2. The zero-order valence-electron chi connectivity index (χ0n) is 18.0. The molecule has 1 fully saturated rings. The molecule has 0 saturated carbocycles. The maximum Gasteiger partial charge on any atom is 0.340 e. The molecule has 0 aliphatic carbocycles. The van der Waals surface area contributed by atoms with E-state index < -0.39 is 59.1 Å². The van der Waals surface area contributed by atoms with E-state index in [2.05, 4.69) is 20.0 Å². The van der Waals surface area contributed by atoms with Crippen molar-refractivity contribution in [2.75, 3.05) is 30.9 Å². The van der Waals surface area contributed by atoms with Gasteiger partial charge >= 0.3 is 12.3 Å². The fraction of sp³-hybridized carbons (Fsp3) is 0.381. The van der Waals surface area contributed by atoms with E-state index in [1.807, 2.05) is 0 Å². The van der Waals surface area contributed by atoms with Gasteiger partial charge < -0.3 is 20.5 Å². The Morgan fingerprint density at radius 3 is 2.69 bits per heavy atom. The molecule has 3 N–H and O–H groups in total. The summed E-state index contributed by atoms with van der Waals surface area (Å²) in [5.74, 6) is -8.48. The quantitative estimate of drug-likeness (QED) is 0.520. The molecule has 7 nitrogen and oxygen atoms in total. The molecule has 0 radical (unpaired) electrons. The molecule has 2 aliphatic rings. The van der Waals surface area contributed by atoms with Gasteiger partial charge in [0.05, 0.1) is 19.4 Å². The van der Waals surface area contributed by atoms with Crippen molar-refractivity contribution >= 4 is 28.5 Å². The number of hydrogen-bond acceptors (Lipinski definition) is 7. The number of amides is 1. The summed E-state index contributed by atoms with van der Waals surface area (Å²) < 4.78 is 105. The molecule has 194 valence electrons. The third-order valence-electron chi connectivity index (χ3n) is 5.58. The zero-order valence-corrected chi connectivity index (χ0v) is 18.9.